The summed E-state index contributed by atoms with van der Waals surface area (Å²) in [5.41, 5.74) is 29.8. The molecule has 10 aromatic rings. The van der Waals surface area contributed by atoms with E-state index in [0.717, 1.165) is 110 Å². The molecule has 9 heteroatoms. The molecule has 85 heavy (non-hydrogen) atoms. The number of fused-ring (bicyclic) bond motifs is 12. The van der Waals surface area contributed by atoms with Gasteiger partial charge in [0.15, 0.2) is 0 Å². The average Bonchev–Trinajstić information content (AvgIpc) is 1.68. The second-order valence-corrected chi connectivity index (χ2v) is 29.7. The van der Waals surface area contributed by atoms with Gasteiger partial charge in [0, 0.05) is 71.4 Å². The molecule has 0 amide bonds. The fraction of sp³-hybridized carbons (Fsp3) is 0.289. The first-order valence-corrected chi connectivity index (χ1v) is 31.7. The van der Waals surface area contributed by atoms with Crippen molar-refractivity contribution in [2.24, 2.45) is 0 Å². The van der Waals surface area contributed by atoms with E-state index in [4.69, 9.17) is 19.4 Å². The normalized spacial score (nSPS) is 17.3. The molecule has 420 valence electrons. The smallest absolute Gasteiger partial charge is 0.271 e. The number of aryl methyl sites for hydroxylation is 6. The van der Waals surface area contributed by atoms with Crippen LogP contribution in [0.15, 0.2) is 133 Å². The molecular weight excluding hydrogens is 1050 g/mol. The summed E-state index contributed by atoms with van der Waals surface area (Å²) in [5.74, 6) is 2.78. The zero-order valence-corrected chi connectivity index (χ0v) is 52.5. The highest BCUT2D eigenvalue weighted by Gasteiger charge is 2.50. The Kier molecular flexibility index (Phi) is 11.1. The minimum Gasteiger partial charge on any atom is -0.440 e. The molecule has 3 aromatic heterocycles. The molecule has 0 saturated heterocycles. The van der Waals surface area contributed by atoms with E-state index in [9.17, 15) is 0 Å². The lowest BCUT2D eigenvalue weighted by Crippen LogP contribution is -2.63. The maximum Gasteiger partial charge on any atom is 0.271 e. The largest absolute Gasteiger partial charge is 0.440 e. The first kappa shape index (κ1) is 52.7. The zero-order valence-electron chi connectivity index (χ0n) is 51.7. The van der Waals surface area contributed by atoms with Crippen LogP contribution in [0.25, 0.3) is 32.6 Å². The lowest BCUT2D eigenvalue weighted by molar-refractivity contribution is 0.332. The van der Waals surface area contributed by atoms with Crippen molar-refractivity contribution in [3.05, 3.63) is 189 Å². The van der Waals surface area contributed by atoms with Gasteiger partial charge in [0.05, 0.1) is 17.1 Å². The molecule has 0 unspecified atom stereocenters. The summed E-state index contributed by atoms with van der Waals surface area (Å²) in [6.45, 7) is 32.3. The number of ether oxygens (including phenoxy) is 2. The van der Waals surface area contributed by atoms with Gasteiger partial charge in [-0.2, -0.15) is 0 Å². The number of pyridine rings is 2. The molecule has 0 N–H and O–H groups in total. The molecule has 7 heterocycles. The van der Waals surface area contributed by atoms with Gasteiger partial charge in [-0.25, -0.2) is 9.97 Å². The molecule has 0 atom stereocenters. The van der Waals surface area contributed by atoms with Crippen LogP contribution in [-0.4, -0.2) is 23.4 Å². The summed E-state index contributed by atoms with van der Waals surface area (Å²) >= 11 is 1.91. The van der Waals surface area contributed by atoms with Crippen molar-refractivity contribution < 1.29 is 9.47 Å². The summed E-state index contributed by atoms with van der Waals surface area (Å²) in [6, 6.07) is 51.3. The molecular formula is C76H72B2N4O2S. The van der Waals surface area contributed by atoms with E-state index in [2.05, 4.69) is 240 Å². The van der Waals surface area contributed by atoms with E-state index in [1.54, 1.807) is 0 Å². The second-order valence-electron chi connectivity index (χ2n) is 28.6. The number of para-hydroxylation sites is 1. The van der Waals surface area contributed by atoms with Crippen molar-refractivity contribution in [3.63, 3.8) is 0 Å². The number of hydrogen-bond acceptors (Lipinski definition) is 7. The van der Waals surface area contributed by atoms with Crippen molar-refractivity contribution in [2.45, 2.75) is 144 Å². The fourth-order valence-electron chi connectivity index (χ4n) is 16.5. The van der Waals surface area contributed by atoms with Gasteiger partial charge in [-0.1, -0.05) is 145 Å². The van der Waals surface area contributed by atoms with Crippen LogP contribution in [0.4, 0.5) is 34.1 Å². The van der Waals surface area contributed by atoms with Crippen LogP contribution in [0, 0.1) is 41.5 Å². The van der Waals surface area contributed by atoms with Gasteiger partial charge in [0.2, 0.25) is 11.8 Å². The van der Waals surface area contributed by atoms with Gasteiger partial charge in [-0.3, -0.25) is 0 Å². The Labute approximate surface area is 506 Å². The summed E-state index contributed by atoms with van der Waals surface area (Å²) in [7, 11) is 0. The SMILES string of the molecule is Cc1cc(C)c(-c2cc3c4c(n2)Oc2cc5c(cc2B4c2ccccc2N3c2ccc3c(c2)C(C)(C)CCC3(C)C)B2c3sc4ccccc4c3N(c3ccc4c(c3)C(C)(C)CCC4(C)C)c3cc(-c4c(C)cc(C)cc4C)nc(c32)O5)c(C)c1. The first-order valence-electron chi connectivity index (χ1n) is 30.9. The van der Waals surface area contributed by atoms with Crippen LogP contribution in [0.5, 0.6) is 23.3 Å². The summed E-state index contributed by atoms with van der Waals surface area (Å²) < 4.78 is 17.5. The Morgan fingerprint density at radius 1 is 0.435 bits per heavy atom. The standard InChI is InChI=1S/C76H72B2N4O2S/c1-41-31-43(3)65(44(4)32-41)57-38-60-67-71(79-57)83-62-40-63-56(37-55(62)77(67)54-20-16-17-21-59(54)81(60)47-23-25-50-52(35-47)75(11,12)29-27-73(50,7)8)78-68-61(39-58(80-72(68)84-63)66-45(5)33-42(2)34-46(66)6)82(69-49-19-15-18-22-64(49)85-70(69)78)48-24-26-51-53(36-48)76(13,14)30-28-74(51,9)10/h15-26,31-40H,27-30H2,1-14H3. The highest BCUT2D eigenvalue weighted by atomic mass is 32.1. The van der Waals surface area contributed by atoms with Crippen LogP contribution in [-0.2, 0) is 21.7 Å². The van der Waals surface area contributed by atoms with Crippen LogP contribution in [0.2, 0.25) is 0 Å². The Bertz CT molecular complexity index is 4580. The molecule has 0 bridgehead atoms. The van der Waals surface area contributed by atoms with E-state index in [1.807, 2.05) is 11.3 Å². The van der Waals surface area contributed by atoms with Gasteiger partial charge in [-0.15, -0.1) is 11.3 Å². The van der Waals surface area contributed by atoms with Crippen LogP contribution in [0.1, 0.15) is 137 Å². The van der Waals surface area contributed by atoms with Gasteiger partial charge in [-0.05, 0) is 198 Å². The van der Waals surface area contributed by atoms with Gasteiger partial charge in [0.1, 0.15) is 11.5 Å². The Balaban J connectivity index is 0.948. The number of hydrogen-bond donors (Lipinski definition) is 0. The summed E-state index contributed by atoms with van der Waals surface area (Å²) in [4.78, 5) is 16.4. The Morgan fingerprint density at radius 2 is 0.894 bits per heavy atom. The Hall–Kier alpha value is -7.87. The van der Waals surface area contributed by atoms with Crippen molar-refractivity contribution >= 4 is 101 Å². The maximum atomic E-state index is 7.49. The zero-order chi connectivity index (χ0) is 58.7. The quantitative estimate of drug-likeness (QED) is 0.164. The highest BCUT2D eigenvalue weighted by Crippen LogP contribution is 2.53. The molecule has 0 fully saturated rings. The third kappa shape index (κ3) is 7.63. The lowest BCUT2D eigenvalue weighted by Gasteiger charge is -2.44. The monoisotopic (exact) mass is 1130 g/mol. The minimum atomic E-state index is -0.194. The molecule has 7 aromatic carbocycles. The van der Waals surface area contributed by atoms with E-state index in [-0.39, 0.29) is 35.1 Å². The second kappa shape index (κ2) is 17.9. The van der Waals surface area contributed by atoms with Crippen LogP contribution >= 0.6 is 11.3 Å². The summed E-state index contributed by atoms with van der Waals surface area (Å²) in [6.07, 6.45) is 4.59. The fourth-order valence-corrected chi connectivity index (χ4v) is 17.8. The van der Waals surface area contributed by atoms with Crippen molar-refractivity contribution in [3.8, 4) is 45.8 Å². The van der Waals surface area contributed by atoms with Gasteiger partial charge < -0.3 is 19.3 Å². The van der Waals surface area contributed by atoms with E-state index in [0.29, 0.717) is 11.8 Å². The molecule has 0 radical (unpaired) electrons. The topological polar surface area (TPSA) is 50.7 Å². The number of thiophene rings is 1. The van der Waals surface area contributed by atoms with Crippen molar-refractivity contribution in [1.29, 1.82) is 0 Å². The summed E-state index contributed by atoms with van der Waals surface area (Å²) in [5, 5.41) is 1.25. The minimum absolute atomic E-state index is 0.0124. The van der Waals surface area contributed by atoms with Gasteiger partial charge in [0.25, 0.3) is 13.4 Å². The van der Waals surface area contributed by atoms with E-state index < -0.39 is 0 Å². The van der Waals surface area contributed by atoms with Crippen molar-refractivity contribution in [1.82, 2.24) is 9.97 Å². The molecule has 6 aliphatic rings. The third-order valence-corrected chi connectivity index (χ3v) is 22.1. The molecule has 0 saturated carbocycles. The number of aromatic nitrogens is 2. The van der Waals surface area contributed by atoms with Gasteiger partial charge >= 0.3 is 0 Å². The lowest BCUT2D eigenvalue weighted by atomic mass is 9.32. The molecule has 2 aliphatic carbocycles. The average molecular weight is 1130 g/mol. The maximum absolute atomic E-state index is 7.49. The van der Waals surface area contributed by atoms with E-state index in [1.165, 1.54) is 81.6 Å². The Morgan fingerprint density at radius 3 is 1.45 bits per heavy atom. The molecule has 4 aliphatic heterocycles. The van der Waals surface area contributed by atoms with E-state index >= 15 is 0 Å². The molecule has 0 spiro atoms. The van der Waals surface area contributed by atoms with Crippen LogP contribution in [0.3, 0.4) is 0 Å². The number of benzene rings is 7. The number of nitrogens with zero attached hydrogens (tertiary/aromatic N) is 4. The third-order valence-electron chi connectivity index (χ3n) is 20.9. The number of rotatable bonds is 4. The predicted molar refractivity (Wildman–Crippen MR) is 359 cm³/mol. The van der Waals surface area contributed by atoms with Crippen LogP contribution < -0.4 is 51.4 Å². The predicted octanol–water partition coefficient (Wildman–Crippen LogP) is 16.4. The highest BCUT2D eigenvalue weighted by molar-refractivity contribution is 7.33. The number of anilines is 6. The van der Waals surface area contributed by atoms with Crippen molar-refractivity contribution in [2.75, 3.05) is 9.80 Å². The molecule has 6 nitrogen and oxygen atoms in total. The first-order chi connectivity index (χ1) is 40.5. The molecule has 16 rings (SSSR count).